The summed E-state index contributed by atoms with van der Waals surface area (Å²) in [4.78, 5) is 33.5. The second kappa shape index (κ2) is 8.44. The summed E-state index contributed by atoms with van der Waals surface area (Å²) < 4.78 is 0. The number of rotatable bonds is 8. The number of nitrogens with one attached hydrogen (secondary N) is 2. The third-order valence-electron chi connectivity index (χ3n) is 2.79. The Balaban J connectivity index is 4.42. The molecule has 19 heavy (non-hydrogen) atoms. The van der Waals surface area contributed by atoms with Crippen molar-refractivity contribution < 1.29 is 24.6 Å². The molecule has 0 rings (SSSR count). The molecule has 0 aromatic heterocycles. The van der Waals surface area contributed by atoms with Gasteiger partial charge in [-0.25, -0.2) is 0 Å². The van der Waals surface area contributed by atoms with E-state index in [4.69, 9.17) is 15.9 Å². The molecule has 110 valence electrons. The lowest BCUT2D eigenvalue weighted by Crippen LogP contribution is -2.55. The van der Waals surface area contributed by atoms with Crippen LogP contribution in [0, 0.1) is 5.92 Å². The van der Waals surface area contributed by atoms with Gasteiger partial charge in [-0.05, 0) is 5.92 Å². The van der Waals surface area contributed by atoms with Crippen LogP contribution in [0.2, 0.25) is 0 Å². The number of carbonyl (C=O) groups is 3. The van der Waals surface area contributed by atoms with E-state index in [9.17, 15) is 14.4 Å². The Kier molecular flexibility index (Phi) is 7.69. The van der Waals surface area contributed by atoms with Crippen molar-refractivity contribution in [2.75, 3.05) is 13.2 Å². The Morgan fingerprint density at radius 2 is 1.84 bits per heavy atom. The lowest BCUT2D eigenvalue weighted by Gasteiger charge is -2.21. The van der Waals surface area contributed by atoms with Crippen molar-refractivity contribution in [3.05, 3.63) is 0 Å². The van der Waals surface area contributed by atoms with E-state index in [0.717, 1.165) is 0 Å². The molecule has 0 fully saturated rings. The molecule has 0 aliphatic heterocycles. The minimum absolute atomic E-state index is 0.0681. The van der Waals surface area contributed by atoms with Gasteiger partial charge in [-0.3, -0.25) is 14.4 Å². The lowest BCUT2D eigenvalue weighted by atomic mass is 9.99. The highest BCUT2D eigenvalue weighted by Gasteiger charge is 2.25. The Labute approximate surface area is 111 Å². The average molecular weight is 275 g/mol. The first-order chi connectivity index (χ1) is 8.83. The van der Waals surface area contributed by atoms with Gasteiger partial charge < -0.3 is 26.6 Å². The van der Waals surface area contributed by atoms with E-state index < -0.39 is 43.0 Å². The van der Waals surface area contributed by atoms with Crippen LogP contribution in [0.1, 0.15) is 20.3 Å². The van der Waals surface area contributed by atoms with Crippen LogP contribution in [0.4, 0.5) is 0 Å². The van der Waals surface area contributed by atoms with Crippen LogP contribution in [0.15, 0.2) is 0 Å². The van der Waals surface area contributed by atoms with Gasteiger partial charge in [0.05, 0.1) is 12.6 Å². The zero-order chi connectivity index (χ0) is 15.0. The number of hydrogen-bond acceptors (Lipinski definition) is 5. The van der Waals surface area contributed by atoms with Crippen molar-refractivity contribution in [1.29, 1.82) is 0 Å². The van der Waals surface area contributed by atoms with Gasteiger partial charge in [0.15, 0.2) is 0 Å². The fourth-order valence-electron chi connectivity index (χ4n) is 1.26. The van der Waals surface area contributed by atoms with Crippen LogP contribution in [0.25, 0.3) is 0 Å². The maximum absolute atomic E-state index is 11.7. The van der Waals surface area contributed by atoms with Gasteiger partial charge in [0.25, 0.3) is 0 Å². The molecule has 6 N–H and O–H groups in total. The number of aliphatic hydroxyl groups is 1. The maximum atomic E-state index is 11.7. The van der Waals surface area contributed by atoms with Crippen LogP contribution in [-0.4, -0.2) is 53.2 Å². The van der Waals surface area contributed by atoms with E-state index >= 15 is 0 Å². The van der Waals surface area contributed by atoms with E-state index in [1.807, 2.05) is 6.92 Å². The minimum atomic E-state index is -1.22. The van der Waals surface area contributed by atoms with Crippen molar-refractivity contribution in [2.45, 2.75) is 32.4 Å². The standard InChI is InChI=1S/C11H21N3O5/c1-3-6(2)9(12)11(19)14-7(5-15)10(18)13-4-8(16)17/h6-7,9,15H,3-5,12H2,1-2H3,(H,13,18)(H,14,19)(H,16,17)/t6-,7-,9-/m0/s1. The van der Waals surface area contributed by atoms with E-state index in [0.29, 0.717) is 6.42 Å². The number of nitrogens with two attached hydrogens (primary N) is 1. The molecule has 0 spiro atoms. The second-order valence-electron chi connectivity index (χ2n) is 4.27. The number of carboxylic acids is 1. The van der Waals surface area contributed by atoms with Gasteiger partial charge >= 0.3 is 5.97 Å². The summed E-state index contributed by atoms with van der Waals surface area (Å²) in [5, 5.41) is 21.8. The van der Waals surface area contributed by atoms with Crippen LogP contribution in [-0.2, 0) is 14.4 Å². The van der Waals surface area contributed by atoms with Gasteiger partial charge in [-0.2, -0.15) is 0 Å². The number of hydrogen-bond donors (Lipinski definition) is 5. The number of carbonyl (C=O) groups excluding carboxylic acids is 2. The summed E-state index contributed by atoms with van der Waals surface area (Å²) in [5.74, 6) is -2.61. The summed E-state index contributed by atoms with van der Waals surface area (Å²) in [6.07, 6.45) is 0.698. The van der Waals surface area contributed by atoms with Gasteiger partial charge in [-0.1, -0.05) is 20.3 Å². The molecule has 0 saturated carbocycles. The molecule has 0 aliphatic rings. The predicted molar refractivity (Wildman–Crippen MR) is 67.1 cm³/mol. The number of carboxylic acid groups (broad SMARTS) is 1. The summed E-state index contributed by atoms with van der Waals surface area (Å²) in [7, 11) is 0. The van der Waals surface area contributed by atoms with Crippen LogP contribution >= 0.6 is 0 Å². The molecule has 0 bridgehead atoms. The molecule has 3 atom stereocenters. The van der Waals surface area contributed by atoms with Crippen molar-refractivity contribution >= 4 is 17.8 Å². The lowest BCUT2D eigenvalue weighted by molar-refractivity contribution is -0.138. The Hall–Kier alpha value is -1.67. The quantitative estimate of drug-likeness (QED) is 0.348. The fraction of sp³-hybridized carbons (Fsp3) is 0.727. The fourth-order valence-corrected chi connectivity index (χ4v) is 1.26. The first kappa shape index (κ1) is 17.3. The summed E-state index contributed by atoms with van der Waals surface area (Å²) >= 11 is 0. The number of aliphatic carboxylic acids is 1. The number of amides is 2. The minimum Gasteiger partial charge on any atom is -0.480 e. The van der Waals surface area contributed by atoms with Gasteiger partial charge in [0.1, 0.15) is 12.6 Å². The van der Waals surface area contributed by atoms with Crippen LogP contribution < -0.4 is 16.4 Å². The van der Waals surface area contributed by atoms with Crippen LogP contribution in [0.3, 0.4) is 0 Å². The summed E-state index contributed by atoms with van der Waals surface area (Å²) in [5.41, 5.74) is 5.68. The third kappa shape index (κ3) is 6.16. The molecular formula is C11H21N3O5. The number of aliphatic hydroxyl groups excluding tert-OH is 1. The zero-order valence-corrected chi connectivity index (χ0v) is 11.0. The Morgan fingerprint density at radius 1 is 1.26 bits per heavy atom. The zero-order valence-electron chi connectivity index (χ0n) is 11.0. The topological polar surface area (TPSA) is 142 Å². The largest absolute Gasteiger partial charge is 0.480 e. The van der Waals surface area contributed by atoms with Gasteiger partial charge in [0.2, 0.25) is 11.8 Å². The van der Waals surface area contributed by atoms with E-state index in [1.165, 1.54) is 0 Å². The first-order valence-corrected chi connectivity index (χ1v) is 5.99. The Bertz CT molecular complexity index is 334. The summed E-state index contributed by atoms with van der Waals surface area (Å²) in [6.45, 7) is 2.45. The highest BCUT2D eigenvalue weighted by molar-refractivity contribution is 5.91. The maximum Gasteiger partial charge on any atom is 0.322 e. The highest BCUT2D eigenvalue weighted by atomic mass is 16.4. The molecule has 0 saturated heterocycles. The van der Waals surface area contributed by atoms with Crippen molar-refractivity contribution in [1.82, 2.24) is 10.6 Å². The molecule has 0 heterocycles. The smallest absolute Gasteiger partial charge is 0.322 e. The molecule has 0 unspecified atom stereocenters. The van der Waals surface area contributed by atoms with Gasteiger partial charge in [-0.15, -0.1) is 0 Å². The SMILES string of the molecule is CC[C@H](C)[C@H](N)C(=O)N[C@@H](CO)C(=O)NCC(=O)O. The third-order valence-corrected chi connectivity index (χ3v) is 2.79. The van der Waals surface area contributed by atoms with E-state index in [-0.39, 0.29) is 5.92 Å². The average Bonchev–Trinajstić information content (AvgIpc) is 2.39. The first-order valence-electron chi connectivity index (χ1n) is 5.99. The molecule has 2 amide bonds. The molecule has 0 radical (unpaired) electrons. The molecular weight excluding hydrogens is 254 g/mol. The monoisotopic (exact) mass is 275 g/mol. The van der Waals surface area contributed by atoms with Crippen molar-refractivity contribution in [2.24, 2.45) is 11.7 Å². The molecule has 8 heteroatoms. The highest BCUT2D eigenvalue weighted by Crippen LogP contribution is 2.05. The van der Waals surface area contributed by atoms with Crippen LogP contribution in [0.5, 0.6) is 0 Å². The molecule has 0 aromatic carbocycles. The predicted octanol–water partition coefficient (Wildman–Crippen LogP) is -1.96. The second-order valence-corrected chi connectivity index (χ2v) is 4.27. The van der Waals surface area contributed by atoms with E-state index in [2.05, 4.69) is 10.6 Å². The van der Waals surface area contributed by atoms with Crippen molar-refractivity contribution in [3.8, 4) is 0 Å². The van der Waals surface area contributed by atoms with Crippen molar-refractivity contribution in [3.63, 3.8) is 0 Å². The summed E-state index contributed by atoms with van der Waals surface area (Å²) in [6, 6.07) is -1.99. The molecule has 8 nitrogen and oxygen atoms in total. The Morgan fingerprint density at radius 3 is 2.26 bits per heavy atom. The molecule has 0 aliphatic carbocycles. The molecule has 0 aromatic rings. The van der Waals surface area contributed by atoms with Gasteiger partial charge in [0, 0.05) is 0 Å². The normalized spacial score (nSPS) is 15.2. The van der Waals surface area contributed by atoms with E-state index in [1.54, 1.807) is 6.92 Å².